The lowest BCUT2D eigenvalue weighted by molar-refractivity contribution is -0.136. The molecule has 6 nitrogen and oxygen atoms in total. The van der Waals surface area contributed by atoms with Gasteiger partial charge in [0.05, 0.1) is 24.3 Å². The number of sulfonamides is 1. The zero-order valence-corrected chi connectivity index (χ0v) is 9.91. The molecule has 0 aliphatic heterocycles. The predicted octanol–water partition coefficient (Wildman–Crippen LogP) is -0.506. The fourth-order valence-corrected chi connectivity index (χ4v) is 2.35. The van der Waals surface area contributed by atoms with Crippen LogP contribution in [0.3, 0.4) is 0 Å². The summed E-state index contributed by atoms with van der Waals surface area (Å²) in [5, 5.41) is 17.4. The van der Waals surface area contributed by atoms with Gasteiger partial charge in [0.25, 0.3) is 0 Å². The molecule has 0 atom stereocenters. The molecule has 0 aromatic carbocycles. The number of carboxylic acid groups (broad SMARTS) is 1. The fourth-order valence-electron chi connectivity index (χ4n) is 0.829. The van der Waals surface area contributed by atoms with Gasteiger partial charge in [0, 0.05) is 7.05 Å². The van der Waals surface area contributed by atoms with Crippen LogP contribution in [0.2, 0.25) is 0 Å². The van der Waals surface area contributed by atoms with E-state index >= 15 is 0 Å². The molecule has 0 saturated carbocycles. The Bertz CT molecular complexity index is 322. The molecule has 90 valence electrons. The largest absolute Gasteiger partial charge is 0.481 e. The molecule has 0 aliphatic rings. The van der Waals surface area contributed by atoms with Crippen molar-refractivity contribution < 1.29 is 23.4 Å². The second-order valence-corrected chi connectivity index (χ2v) is 6.02. The van der Waals surface area contributed by atoms with Gasteiger partial charge in [-0.3, -0.25) is 4.79 Å². The average Bonchev–Trinajstić information content (AvgIpc) is 2.13. The molecule has 0 spiro atoms. The van der Waals surface area contributed by atoms with E-state index in [1.165, 1.54) is 7.05 Å². The maximum absolute atomic E-state index is 11.6. The lowest BCUT2D eigenvalue weighted by atomic mass is 10.1. The van der Waals surface area contributed by atoms with Crippen LogP contribution in [0, 0.1) is 0 Å². The van der Waals surface area contributed by atoms with Gasteiger partial charge in [0.1, 0.15) is 0 Å². The third-order valence-electron chi connectivity index (χ3n) is 2.23. The van der Waals surface area contributed by atoms with Crippen molar-refractivity contribution in [3.8, 4) is 0 Å². The smallest absolute Gasteiger partial charge is 0.304 e. The monoisotopic (exact) mass is 239 g/mol. The molecule has 0 unspecified atom stereocenters. The summed E-state index contributed by atoms with van der Waals surface area (Å²) in [6.45, 7) is 2.80. The highest BCUT2D eigenvalue weighted by Gasteiger charge is 2.32. The van der Waals surface area contributed by atoms with Gasteiger partial charge in [0.15, 0.2) is 0 Å². The van der Waals surface area contributed by atoms with Crippen molar-refractivity contribution in [1.82, 2.24) is 4.31 Å². The number of nitrogens with zero attached hydrogens (tertiary/aromatic N) is 1. The topological polar surface area (TPSA) is 94.9 Å². The minimum atomic E-state index is -3.63. The van der Waals surface area contributed by atoms with E-state index in [2.05, 4.69) is 0 Å². The molecule has 15 heavy (non-hydrogen) atoms. The molecular weight excluding hydrogens is 222 g/mol. The summed E-state index contributed by atoms with van der Waals surface area (Å²) in [6, 6.07) is 0. The lowest BCUT2D eigenvalue weighted by Crippen LogP contribution is -2.48. The normalized spacial score (nSPS) is 13.1. The minimum Gasteiger partial charge on any atom is -0.481 e. The number of aliphatic hydroxyl groups is 1. The summed E-state index contributed by atoms with van der Waals surface area (Å²) in [4.78, 5) is 10.3. The second kappa shape index (κ2) is 4.91. The Kier molecular flexibility index (Phi) is 4.69. The first-order valence-electron chi connectivity index (χ1n) is 4.43. The summed E-state index contributed by atoms with van der Waals surface area (Å²) in [5.41, 5.74) is -0.919. The van der Waals surface area contributed by atoms with Crippen molar-refractivity contribution >= 4 is 16.0 Å². The molecule has 0 amide bonds. The van der Waals surface area contributed by atoms with E-state index in [0.29, 0.717) is 0 Å². The van der Waals surface area contributed by atoms with Crippen LogP contribution in [0.4, 0.5) is 0 Å². The number of carbonyl (C=O) groups is 1. The highest BCUT2D eigenvalue weighted by molar-refractivity contribution is 7.89. The molecule has 0 aromatic rings. The number of carboxylic acids is 1. The Morgan fingerprint density at radius 2 is 1.87 bits per heavy atom. The zero-order chi connectivity index (χ0) is 12.3. The molecule has 2 N–H and O–H groups in total. The van der Waals surface area contributed by atoms with Gasteiger partial charge in [-0.05, 0) is 13.8 Å². The molecular formula is C8H17NO5S. The minimum absolute atomic E-state index is 0.324. The summed E-state index contributed by atoms with van der Waals surface area (Å²) >= 11 is 0. The van der Waals surface area contributed by atoms with Gasteiger partial charge in [-0.25, -0.2) is 8.42 Å². The zero-order valence-electron chi connectivity index (χ0n) is 9.10. The van der Waals surface area contributed by atoms with E-state index in [1.807, 2.05) is 0 Å². The van der Waals surface area contributed by atoms with Crippen molar-refractivity contribution in [2.24, 2.45) is 0 Å². The van der Waals surface area contributed by atoms with Crippen LogP contribution in [-0.2, 0) is 14.8 Å². The second-order valence-electron chi connectivity index (χ2n) is 3.90. The van der Waals surface area contributed by atoms with Crippen molar-refractivity contribution in [1.29, 1.82) is 0 Å². The maximum atomic E-state index is 11.6. The summed E-state index contributed by atoms with van der Waals surface area (Å²) < 4.78 is 24.2. The highest BCUT2D eigenvalue weighted by Crippen LogP contribution is 2.16. The Balaban J connectivity index is 4.67. The number of likely N-dealkylation sites (N-methyl/N-ethyl adjacent to an activating group) is 1. The molecule has 0 aliphatic carbocycles. The van der Waals surface area contributed by atoms with Gasteiger partial charge >= 0.3 is 5.97 Å². The van der Waals surface area contributed by atoms with E-state index < -0.39 is 33.7 Å². The molecule has 0 saturated heterocycles. The highest BCUT2D eigenvalue weighted by atomic mass is 32.2. The first kappa shape index (κ1) is 14.3. The number of rotatable bonds is 6. The Labute approximate surface area is 89.6 Å². The van der Waals surface area contributed by atoms with E-state index in [4.69, 9.17) is 10.2 Å². The Morgan fingerprint density at radius 3 is 2.20 bits per heavy atom. The van der Waals surface area contributed by atoms with Gasteiger partial charge in [0.2, 0.25) is 10.0 Å². The SMILES string of the molecule is CN(C(C)(C)CO)S(=O)(=O)CCC(=O)O. The maximum Gasteiger partial charge on any atom is 0.304 e. The van der Waals surface area contributed by atoms with Crippen molar-refractivity contribution in [2.45, 2.75) is 25.8 Å². The number of hydrogen-bond donors (Lipinski definition) is 2. The first-order valence-corrected chi connectivity index (χ1v) is 6.04. The van der Waals surface area contributed by atoms with Crippen LogP contribution >= 0.6 is 0 Å². The van der Waals surface area contributed by atoms with Crippen LogP contribution in [0.15, 0.2) is 0 Å². The first-order chi connectivity index (χ1) is 6.63. The van der Waals surface area contributed by atoms with Crippen LogP contribution in [-0.4, -0.2) is 53.9 Å². The van der Waals surface area contributed by atoms with Gasteiger partial charge in [-0.15, -0.1) is 0 Å². The Hall–Kier alpha value is -0.660. The molecule has 0 bridgehead atoms. The summed E-state index contributed by atoms with van der Waals surface area (Å²) in [7, 11) is -2.31. The van der Waals surface area contributed by atoms with E-state index in [-0.39, 0.29) is 6.61 Å². The van der Waals surface area contributed by atoms with Crippen LogP contribution in [0.5, 0.6) is 0 Å². The fraction of sp³-hybridized carbons (Fsp3) is 0.875. The lowest BCUT2D eigenvalue weighted by Gasteiger charge is -2.32. The van der Waals surface area contributed by atoms with Crippen LogP contribution < -0.4 is 0 Å². The summed E-state index contributed by atoms with van der Waals surface area (Å²) in [6.07, 6.45) is -0.436. The van der Waals surface area contributed by atoms with Crippen molar-refractivity contribution in [3.05, 3.63) is 0 Å². The van der Waals surface area contributed by atoms with E-state index in [1.54, 1.807) is 13.8 Å². The van der Waals surface area contributed by atoms with Crippen LogP contribution in [0.1, 0.15) is 20.3 Å². The van der Waals surface area contributed by atoms with Gasteiger partial charge < -0.3 is 10.2 Å². The van der Waals surface area contributed by atoms with Gasteiger partial charge in [-0.2, -0.15) is 4.31 Å². The predicted molar refractivity (Wildman–Crippen MR) is 55.0 cm³/mol. The third kappa shape index (κ3) is 4.15. The van der Waals surface area contributed by atoms with Crippen molar-refractivity contribution in [2.75, 3.05) is 19.4 Å². The van der Waals surface area contributed by atoms with E-state index in [0.717, 1.165) is 4.31 Å². The van der Waals surface area contributed by atoms with Crippen molar-refractivity contribution in [3.63, 3.8) is 0 Å². The summed E-state index contributed by atoms with van der Waals surface area (Å²) in [5.74, 6) is -1.61. The molecule has 0 heterocycles. The molecule has 0 aromatic heterocycles. The molecule has 0 fully saturated rings. The molecule has 7 heteroatoms. The number of aliphatic carboxylic acids is 1. The molecule has 0 radical (unpaired) electrons. The van der Waals surface area contributed by atoms with Crippen LogP contribution in [0.25, 0.3) is 0 Å². The standard InChI is InChI=1S/C8H17NO5S/c1-8(2,6-10)9(3)15(13,14)5-4-7(11)12/h10H,4-6H2,1-3H3,(H,11,12). The number of hydrogen-bond acceptors (Lipinski definition) is 4. The Morgan fingerprint density at radius 1 is 1.40 bits per heavy atom. The quantitative estimate of drug-likeness (QED) is 0.651. The average molecular weight is 239 g/mol. The van der Waals surface area contributed by atoms with Gasteiger partial charge in [-0.1, -0.05) is 0 Å². The molecule has 0 rings (SSSR count). The third-order valence-corrected chi connectivity index (χ3v) is 4.28. The number of aliphatic hydroxyl groups excluding tert-OH is 1. The van der Waals surface area contributed by atoms with E-state index in [9.17, 15) is 13.2 Å².